The number of nitrogens with zero attached hydrogens (tertiary/aromatic N) is 3. The molecule has 0 radical (unpaired) electrons. The van der Waals surface area contributed by atoms with Crippen LogP contribution in [0.25, 0.3) is 11.4 Å². The molecule has 0 aliphatic rings. The Bertz CT molecular complexity index is 750. The van der Waals surface area contributed by atoms with Crippen LogP contribution >= 0.6 is 23.2 Å². The number of aromatic amines is 1. The molecule has 0 spiro atoms. The number of halogens is 2. The van der Waals surface area contributed by atoms with Crippen LogP contribution in [0.5, 0.6) is 5.75 Å². The van der Waals surface area contributed by atoms with Gasteiger partial charge >= 0.3 is 0 Å². The van der Waals surface area contributed by atoms with Gasteiger partial charge in [-0.25, -0.2) is 0 Å². The molecule has 1 N–H and O–H groups in total. The maximum absolute atomic E-state index is 6.25. The van der Waals surface area contributed by atoms with E-state index in [1.165, 1.54) is 5.56 Å². The van der Waals surface area contributed by atoms with E-state index in [1.54, 1.807) is 12.1 Å². The van der Waals surface area contributed by atoms with E-state index < -0.39 is 0 Å². The average Bonchev–Trinajstić information content (AvgIpc) is 3.02. The lowest BCUT2D eigenvalue weighted by molar-refractivity contribution is 0.306. The monoisotopic (exact) mass is 334 g/mol. The number of hydrogen-bond donors (Lipinski definition) is 1. The van der Waals surface area contributed by atoms with Gasteiger partial charge in [-0.05, 0) is 29.8 Å². The minimum absolute atomic E-state index is 0.390. The van der Waals surface area contributed by atoms with Crippen LogP contribution in [0.4, 0.5) is 0 Å². The summed E-state index contributed by atoms with van der Waals surface area (Å²) in [5.41, 5.74) is 2.91. The van der Waals surface area contributed by atoms with Crippen LogP contribution in [-0.2, 0) is 6.61 Å². The summed E-state index contributed by atoms with van der Waals surface area (Å²) in [6.45, 7) is 2.43. The summed E-state index contributed by atoms with van der Waals surface area (Å²) in [7, 11) is 0. The summed E-state index contributed by atoms with van der Waals surface area (Å²) in [5, 5.41) is 14.5. The molecule has 0 atom stereocenters. The lowest BCUT2D eigenvalue weighted by Gasteiger charge is -2.11. The molecule has 1 aromatic heterocycles. The summed E-state index contributed by atoms with van der Waals surface area (Å²) in [5.74, 6) is 0.866. The Kier molecular flexibility index (Phi) is 4.27. The van der Waals surface area contributed by atoms with Gasteiger partial charge in [-0.15, -0.1) is 10.2 Å². The summed E-state index contributed by atoms with van der Waals surface area (Å²) in [4.78, 5) is 0. The van der Waals surface area contributed by atoms with Crippen molar-refractivity contribution in [3.05, 3.63) is 57.6 Å². The zero-order valence-electron chi connectivity index (χ0n) is 11.7. The van der Waals surface area contributed by atoms with Crippen molar-refractivity contribution in [1.82, 2.24) is 20.6 Å². The summed E-state index contributed by atoms with van der Waals surface area (Å²) in [6, 6.07) is 11.5. The average molecular weight is 335 g/mol. The largest absolute Gasteiger partial charge is 0.486 e. The summed E-state index contributed by atoms with van der Waals surface area (Å²) in [6.07, 6.45) is 0. The predicted octanol–water partition coefficient (Wildman–Crippen LogP) is 4.06. The van der Waals surface area contributed by atoms with E-state index in [9.17, 15) is 0 Å². The standard InChI is InChI=1S/C15H12Cl2N4O/c1-9-2-4-10(5-3-9)8-22-14-12(16)6-11(7-13(14)17)15-18-20-21-19-15/h2-7H,8H2,1H3,(H,18,19,20,21). The van der Waals surface area contributed by atoms with Crippen LogP contribution in [0.2, 0.25) is 10.0 Å². The van der Waals surface area contributed by atoms with Crippen LogP contribution in [0.1, 0.15) is 11.1 Å². The Morgan fingerprint density at radius 3 is 2.36 bits per heavy atom. The first kappa shape index (κ1) is 14.8. The first-order valence-electron chi connectivity index (χ1n) is 6.54. The Labute approximate surface area is 137 Å². The van der Waals surface area contributed by atoms with Crippen molar-refractivity contribution in [2.24, 2.45) is 0 Å². The second-order valence-electron chi connectivity index (χ2n) is 4.78. The lowest BCUT2D eigenvalue weighted by atomic mass is 10.1. The van der Waals surface area contributed by atoms with Crippen molar-refractivity contribution in [2.75, 3.05) is 0 Å². The highest BCUT2D eigenvalue weighted by Gasteiger charge is 2.13. The van der Waals surface area contributed by atoms with Gasteiger partial charge < -0.3 is 4.74 Å². The molecule has 5 nitrogen and oxygen atoms in total. The van der Waals surface area contributed by atoms with Crippen LogP contribution in [0.3, 0.4) is 0 Å². The molecule has 0 aliphatic carbocycles. The van der Waals surface area contributed by atoms with E-state index in [2.05, 4.69) is 20.6 Å². The summed E-state index contributed by atoms with van der Waals surface area (Å²) >= 11 is 12.5. The zero-order valence-corrected chi connectivity index (χ0v) is 13.2. The highest BCUT2D eigenvalue weighted by molar-refractivity contribution is 6.37. The smallest absolute Gasteiger partial charge is 0.204 e. The Morgan fingerprint density at radius 1 is 1.09 bits per heavy atom. The number of rotatable bonds is 4. The van der Waals surface area contributed by atoms with E-state index in [0.717, 1.165) is 5.56 Å². The number of aromatic nitrogens is 4. The van der Waals surface area contributed by atoms with E-state index in [4.69, 9.17) is 27.9 Å². The van der Waals surface area contributed by atoms with Crippen LogP contribution < -0.4 is 4.74 Å². The molecule has 112 valence electrons. The Morgan fingerprint density at radius 2 is 1.77 bits per heavy atom. The minimum Gasteiger partial charge on any atom is -0.486 e. The van der Waals surface area contributed by atoms with Crippen LogP contribution in [0.15, 0.2) is 36.4 Å². The van der Waals surface area contributed by atoms with Crippen LogP contribution in [-0.4, -0.2) is 20.6 Å². The maximum Gasteiger partial charge on any atom is 0.204 e. The first-order chi connectivity index (χ1) is 10.6. The molecule has 0 saturated heterocycles. The van der Waals surface area contributed by atoms with Gasteiger partial charge in [0.1, 0.15) is 6.61 Å². The highest BCUT2D eigenvalue weighted by atomic mass is 35.5. The van der Waals surface area contributed by atoms with Crippen molar-refractivity contribution < 1.29 is 4.74 Å². The highest BCUT2D eigenvalue weighted by Crippen LogP contribution is 2.37. The fourth-order valence-corrected chi connectivity index (χ4v) is 2.55. The number of benzene rings is 2. The second-order valence-corrected chi connectivity index (χ2v) is 5.59. The Hall–Kier alpha value is -2.11. The van der Waals surface area contributed by atoms with Gasteiger partial charge in [-0.3, -0.25) is 0 Å². The number of tetrazole rings is 1. The molecule has 22 heavy (non-hydrogen) atoms. The minimum atomic E-state index is 0.390. The fraction of sp³-hybridized carbons (Fsp3) is 0.133. The number of ether oxygens (including phenoxy) is 1. The number of aryl methyl sites for hydroxylation is 1. The molecule has 7 heteroatoms. The predicted molar refractivity (Wildman–Crippen MR) is 85.1 cm³/mol. The molecule has 0 unspecified atom stereocenters. The van der Waals surface area contributed by atoms with E-state index in [1.807, 2.05) is 31.2 Å². The second kappa shape index (κ2) is 6.34. The van der Waals surface area contributed by atoms with Crippen molar-refractivity contribution in [3.8, 4) is 17.1 Å². The summed E-state index contributed by atoms with van der Waals surface area (Å²) < 4.78 is 5.74. The molecule has 3 aromatic rings. The van der Waals surface area contributed by atoms with Crippen molar-refractivity contribution >= 4 is 23.2 Å². The first-order valence-corrected chi connectivity index (χ1v) is 7.30. The third kappa shape index (κ3) is 3.21. The fourth-order valence-electron chi connectivity index (χ4n) is 1.95. The van der Waals surface area contributed by atoms with Gasteiger partial charge in [0.05, 0.1) is 10.0 Å². The van der Waals surface area contributed by atoms with Crippen molar-refractivity contribution in [2.45, 2.75) is 13.5 Å². The topological polar surface area (TPSA) is 63.7 Å². The number of nitrogens with one attached hydrogen (secondary N) is 1. The Balaban J connectivity index is 1.80. The molecular weight excluding hydrogens is 323 g/mol. The van der Waals surface area contributed by atoms with Gasteiger partial charge in [-0.1, -0.05) is 53.0 Å². The normalized spacial score (nSPS) is 10.7. The number of H-pyrrole nitrogens is 1. The molecule has 0 bridgehead atoms. The third-order valence-electron chi connectivity index (χ3n) is 3.11. The van der Waals surface area contributed by atoms with E-state index in [0.29, 0.717) is 33.8 Å². The van der Waals surface area contributed by atoms with Gasteiger partial charge in [0, 0.05) is 5.56 Å². The van der Waals surface area contributed by atoms with Crippen LogP contribution in [0, 0.1) is 6.92 Å². The SMILES string of the molecule is Cc1ccc(COc2c(Cl)cc(-c3nn[nH]n3)cc2Cl)cc1. The lowest BCUT2D eigenvalue weighted by Crippen LogP contribution is -1.97. The molecular formula is C15H12Cl2N4O. The maximum atomic E-state index is 6.25. The van der Waals surface area contributed by atoms with E-state index in [-0.39, 0.29) is 0 Å². The molecule has 0 fully saturated rings. The van der Waals surface area contributed by atoms with Gasteiger partial charge in [0.15, 0.2) is 5.75 Å². The molecule has 0 aliphatic heterocycles. The molecule has 3 rings (SSSR count). The zero-order chi connectivity index (χ0) is 15.5. The van der Waals surface area contributed by atoms with E-state index >= 15 is 0 Å². The van der Waals surface area contributed by atoms with Gasteiger partial charge in [0.25, 0.3) is 0 Å². The van der Waals surface area contributed by atoms with Crippen molar-refractivity contribution in [3.63, 3.8) is 0 Å². The van der Waals surface area contributed by atoms with Gasteiger partial charge in [0.2, 0.25) is 5.82 Å². The molecule has 1 heterocycles. The molecule has 0 amide bonds. The third-order valence-corrected chi connectivity index (χ3v) is 3.67. The molecule has 0 saturated carbocycles. The number of hydrogen-bond acceptors (Lipinski definition) is 4. The quantitative estimate of drug-likeness (QED) is 0.781. The van der Waals surface area contributed by atoms with Crippen molar-refractivity contribution in [1.29, 1.82) is 0 Å². The molecule has 2 aromatic carbocycles. The van der Waals surface area contributed by atoms with Gasteiger partial charge in [-0.2, -0.15) is 5.21 Å².